The summed E-state index contributed by atoms with van der Waals surface area (Å²) >= 11 is 0. The predicted octanol–water partition coefficient (Wildman–Crippen LogP) is 7.14. The average Bonchev–Trinajstić information content (AvgIpc) is 2.57. The zero-order chi connectivity index (χ0) is 17.1. The van der Waals surface area contributed by atoms with Gasteiger partial charge in [-0.1, -0.05) is 89.1 Å². The van der Waals surface area contributed by atoms with E-state index in [0.29, 0.717) is 11.8 Å². The molecule has 0 fully saturated rings. The lowest BCUT2D eigenvalue weighted by Crippen LogP contribution is -2.19. The normalized spacial score (nSPS) is 19.4. The van der Waals surface area contributed by atoms with E-state index < -0.39 is 0 Å². The number of hydrogen-bond acceptors (Lipinski definition) is 0. The van der Waals surface area contributed by atoms with Crippen LogP contribution in [0, 0.1) is 11.8 Å². The Labute approximate surface area is 148 Å². The summed E-state index contributed by atoms with van der Waals surface area (Å²) in [5.41, 5.74) is 6.35. The van der Waals surface area contributed by atoms with Gasteiger partial charge in [-0.15, -0.1) is 0 Å². The summed E-state index contributed by atoms with van der Waals surface area (Å²) in [4.78, 5) is 0. The summed E-state index contributed by atoms with van der Waals surface area (Å²) < 4.78 is 0. The van der Waals surface area contributed by atoms with E-state index in [2.05, 4.69) is 76.2 Å². The fourth-order valence-corrected chi connectivity index (χ4v) is 4.25. The van der Waals surface area contributed by atoms with Gasteiger partial charge in [-0.25, -0.2) is 0 Å². The standard InChI is InChI=1S/C24H32/c1-17(2)13-15-23-19-9-5-7-11-21(19)24(16-14-18(3)4)22-12-8-6-10-20(22)23/h5-12,17-18,23-24H,13-16H2,1-4H3. The molecule has 0 saturated carbocycles. The molecule has 128 valence electrons. The maximum absolute atomic E-state index is 2.39. The first-order chi connectivity index (χ1) is 11.6. The fourth-order valence-electron chi connectivity index (χ4n) is 4.25. The molecule has 2 aromatic rings. The van der Waals surface area contributed by atoms with E-state index in [4.69, 9.17) is 0 Å². The SMILES string of the molecule is CC(C)CCC1c2ccccc2C(CCC(C)C)c2ccccc21. The second kappa shape index (κ2) is 7.55. The zero-order valence-corrected chi connectivity index (χ0v) is 15.8. The highest BCUT2D eigenvalue weighted by atomic mass is 14.3. The van der Waals surface area contributed by atoms with Crippen molar-refractivity contribution in [3.63, 3.8) is 0 Å². The number of rotatable bonds is 6. The molecule has 0 atom stereocenters. The van der Waals surface area contributed by atoms with Gasteiger partial charge in [0.2, 0.25) is 0 Å². The van der Waals surface area contributed by atoms with Crippen molar-refractivity contribution >= 4 is 0 Å². The molecule has 0 bridgehead atoms. The Hall–Kier alpha value is -1.56. The second-order valence-corrected chi connectivity index (χ2v) is 8.31. The molecule has 0 spiro atoms. The van der Waals surface area contributed by atoms with E-state index in [1.165, 1.54) is 25.7 Å². The molecule has 0 saturated heterocycles. The van der Waals surface area contributed by atoms with Crippen LogP contribution in [0.25, 0.3) is 0 Å². The van der Waals surface area contributed by atoms with Gasteiger partial charge in [-0.3, -0.25) is 0 Å². The highest BCUT2D eigenvalue weighted by Gasteiger charge is 2.31. The van der Waals surface area contributed by atoms with Crippen molar-refractivity contribution in [2.45, 2.75) is 65.2 Å². The second-order valence-electron chi connectivity index (χ2n) is 8.31. The predicted molar refractivity (Wildman–Crippen MR) is 105 cm³/mol. The van der Waals surface area contributed by atoms with Crippen LogP contribution >= 0.6 is 0 Å². The van der Waals surface area contributed by atoms with Gasteiger partial charge >= 0.3 is 0 Å². The van der Waals surface area contributed by atoms with Crippen LogP contribution < -0.4 is 0 Å². The lowest BCUT2D eigenvalue weighted by atomic mass is 9.69. The van der Waals surface area contributed by atoms with E-state index in [1.807, 2.05) is 0 Å². The molecule has 0 unspecified atom stereocenters. The Morgan fingerprint density at radius 1 is 0.583 bits per heavy atom. The number of fused-ring (bicyclic) bond motifs is 2. The monoisotopic (exact) mass is 320 g/mol. The molecule has 0 aliphatic heterocycles. The summed E-state index contributed by atoms with van der Waals surface area (Å²) in [7, 11) is 0. The summed E-state index contributed by atoms with van der Waals surface area (Å²) in [6, 6.07) is 18.5. The Balaban J connectivity index is 2.02. The van der Waals surface area contributed by atoms with Gasteiger partial charge < -0.3 is 0 Å². The minimum atomic E-state index is 0.579. The first-order valence-corrected chi connectivity index (χ1v) is 9.75. The van der Waals surface area contributed by atoms with Crippen molar-refractivity contribution in [3.05, 3.63) is 70.8 Å². The van der Waals surface area contributed by atoms with Gasteiger partial charge in [0, 0.05) is 11.8 Å². The summed E-state index contributed by atoms with van der Waals surface area (Å²) in [5.74, 6) is 2.69. The van der Waals surface area contributed by atoms with Crippen molar-refractivity contribution in [3.8, 4) is 0 Å². The molecule has 0 radical (unpaired) electrons. The summed E-state index contributed by atoms with van der Waals surface area (Å²) in [6.45, 7) is 9.36. The largest absolute Gasteiger partial charge is 0.0628 e. The van der Waals surface area contributed by atoms with Crippen LogP contribution in [-0.2, 0) is 0 Å². The van der Waals surface area contributed by atoms with Crippen molar-refractivity contribution in [2.75, 3.05) is 0 Å². The third kappa shape index (κ3) is 3.58. The van der Waals surface area contributed by atoms with Crippen LogP contribution in [0.1, 0.15) is 87.5 Å². The van der Waals surface area contributed by atoms with E-state index >= 15 is 0 Å². The molecular formula is C24H32. The number of hydrogen-bond donors (Lipinski definition) is 0. The van der Waals surface area contributed by atoms with Crippen molar-refractivity contribution in [1.82, 2.24) is 0 Å². The minimum Gasteiger partial charge on any atom is -0.0628 e. The molecule has 0 amide bonds. The van der Waals surface area contributed by atoms with Crippen LogP contribution in [0.4, 0.5) is 0 Å². The Morgan fingerprint density at radius 2 is 0.875 bits per heavy atom. The minimum absolute atomic E-state index is 0.579. The van der Waals surface area contributed by atoms with Gasteiger partial charge in [0.25, 0.3) is 0 Å². The summed E-state index contributed by atoms with van der Waals surface area (Å²) in [6.07, 6.45) is 5.12. The molecule has 0 heteroatoms. The van der Waals surface area contributed by atoms with E-state index in [-0.39, 0.29) is 0 Å². The Morgan fingerprint density at radius 3 is 1.12 bits per heavy atom. The molecule has 2 aromatic carbocycles. The zero-order valence-electron chi connectivity index (χ0n) is 15.8. The van der Waals surface area contributed by atoms with Gasteiger partial charge in [0.15, 0.2) is 0 Å². The molecule has 3 rings (SSSR count). The fraction of sp³-hybridized carbons (Fsp3) is 0.500. The van der Waals surface area contributed by atoms with Gasteiger partial charge in [-0.05, 0) is 46.9 Å². The third-order valence-electron chi connectivity index (χ3n) is 5.56. The third-order valence-corrected chi connectivity index (χ3v) is 5.56. The lowest BCUT2D eigenvalue weighted by Gasteiger charge is -2.35. The van der Waals surface area contributed by atoms with Crippen molar-refractivity contribution in [1.29, 1.82) is 0 Å². The molecule has 0 nitrogen and oxygen atoms in total. The molecule has 24 heavy (non-hydrogen) atoms. The summed E-state index contributed by atoms with van der Waals surface area (Å²) in [5, 5.41) is 0. The van der Waals surface area contributed by atoms with E-state index in [1.54, 1.807) is 22.3 Å². The van der Waals surface area contributed by atoms with Gasteiger partial charge in [0.1, 0.15) is 0 Å². The smallest absolute Gasteiger partial charge is 0.00953 e. The van der Waals surface area contributed by atoms with Crippen LogP contribution in [0.3, 0.4) is 0 Å². The lowest BCUT2D eigenvalue weighted by molar-refractivity contribution is 0.496. The topological polar surface area (TPSA) is 0 Å². The molecule has 1 aliphatic rings. The highest BCUT2D eigenvalue weighted by molar-refractivity contribution is 5.52. The Bertz CT molecular complexity index is 560. The van der Waals surface area contributed by atoms with Crippen molar-refractivity contribution < 1.29 is 0 Å². The maximum atomic E-state index is 2.39. The molecule has 1 aliphatic carbocycles. The molecule has 0 heterocycles. The van der Waals surface area contributed by atoms with Crippen LogP contribution in [0.5, 0.6) is 0 Å². The highest BCUT2D eigenvalue weighted by Crippen LogP contribution is 2.47. The number of benzene rings is 2. The van der Waals surface area contributed by atoms with Crippen LogP contribution in [0.2, 0.25) is 0 Å². The van der Waals surface area contributed by atoms with Crippen LogP contribution in [0.15, 0.2) is 48.5 Å². The Kier molecular flexibility index (Phi) is 5.43. The van der Waals surface area contributed by atoms with E-state index in [9.17, 15) is 0 Å². The van der Waals surface area contributed by atoms with Gasteiger partial charge in [-0.2, -0.15) is 0 Å². The van der Waals surface area contributed by atoms with Gasteiger partial charge in [0.05, 0.1) is 0 Å². The average molecular weight is 321 g/mol. The van der Waals surface area contributed by atoms with E-state index in [0.717, 1.165) is 11.8 Å². The van der Waals surface area contributed by atoms with Crippen LogP contribution in [-0.4, -0.2) is 0 Å². The first kappa shape index (κ1) is 17.3. The van der Waals surface area contributed by atoms with Crippen molar-refractivity contribution in [2.24, 2.45) is 11.8 Å². The molecule has 0 aromatic heterocycles. The first-order valence-electron chi connectivity index (χ1n) is 9.75. The quantitative estimate of drug-likeness (QED) is 0.530. The molecular weight excluding hydrogens is 288 g/mol. The molecule has 0 N–H and O–H groups in total. The maximum Gasteiger partial charge on any atom is 0.00953 e.